The molecule has 0 unspecified atom stereocenters. The lowest BCUT2D eigenvalue weighted by Gasteiger charge is -1.99. The van der Waals surface area contributed by atoms with Gasteiger partial charge in [-0.15, -0.1) is 0 Å². The lowest BCUT2D eigenvalue weighted by molar-refractivity contribution is 0.469. The largest absolute Gasteiger partial charge is 0.508 e. The van der Waals surface area contributed by atoms with Gasteiger partial charge in [-0.25, -0.2) is 0 Å². The van der Waals surface area contributed by atoms with Crippen LogP contribution in [0.1, 0.15) is 11.1 Å². The summed E-state index contributed by atoms with van der Waals surface area (Å²) in [7, 11) is 0. The molecule has 56 valence electrons. The van der Waals surface area contributed by atoms with Gasteiger partial charge in [-0.3, -0.25) is 0 Å². The molecule has 0 aliphatic rings. The number of phenols is 1. The molecule has 0 saturated heterocycles. The Morgan fingerprint density at radius 2 is 2.27 bits per heavy atom. The highest BCUT2D eigenvalue weighted by molar-refractivity contribution is 5.37. The lowest BCUT2D eigenvalue weighted by atomic mass is 10.1. The number of hydrogen-bond donors (Lipinski definition) is 1. The Hall–Kier alpha value is -1.49. The number of phenolic OH excluding ortho intramolecular Hbond substituents is 1. The second-order valence-corrected chi connectivity index (χ2v) is 2.47. The summed E-state index contributed by atoms with van der Waals surface area (Å²) in [5.41, 5.74) is 1.70. The van der Waals surface area contributed by atoms with Crippen LogP contribution in [0.2, 0.25) is 0 Å². The number of benzene rings is 1. The third kappa shape index (κ3) is 1.71. The molecule has 2 nitrogen and oxygen atoms in total. The normalized spacial score (nSPS) is 9.09. The molecular formula is C9H9NO. The summed E-state index contributed by atoms with van der Waals surface area (Å²) >= 11 is 0. The zero-order valence-electron chi connectivity index (χ0n) is 6.33. The van der Waals surface area contributed by atoms with Crippen molar-refractivity contribution >= 4 is 0 Å². The first-order chi connectivity index (χ1) is 5.24. The van der Waals surface area contributed by atoms with Gasteiger partial charge >= 0.3 is 0 Å². The van der Waals surface area contributed by atoms with Crippen LogP contribution in [0.5, 0.6) is 5.75 Å². The van der Waals surface area contributed by atoms with Gasteiger partial charge in [0.1, 0.15) is 5.75 Å². The third-order valence-corrected chi connectivity index (χ3v) is 1.51. The van der Waals surface area contributed by atoms with Crippen molar-refractivity contribution < 1.29 is 5.11 Å². The van der Waals surface area contributed by atoms with Crippen molar-refractivity contribution in [3.63, 3.8) is 0 Å². The van der Waals surface area contributed by atoms with Gasteiger partial charge in [0.2, 0.25) is 0 Å². The summed E-state index contributed by atoms with van der Waals surface area (Å²) in [6.07, 6.45) is 0.270. The molecule has 11 heavy (non-hydrogen) atoms. The highest BCUT2D eigenvalue weighted by atomic mass is 16.3. The molecule has 0 aliphatic heterocycles. The summed E-state index contributed by atoms with van der Waals surface area (Å²) in [4.78, 5) is 0. The Kier molecular flexibility index (Phi) is 2.12. The van der Waals surface area contributed by atoms with E-state index in [2.05, 4.69) is 0 Å². The van der Waals surface area contributed by atoms with E-state index in [0.29, 0.717) is 5.56 Å². The van der Waals surface area contributed by atoms with Gasteiger partial charge in [0.25, 0.3) is 0 Å². The number of aromatic hydroxyl groups is 1. The van der Waals surface area contributed by atoms with E-state index in [1.54, 1.807) is 12.1 Å². The number of aryl methyl sites for hydroxylation is 1. The van der Waals surface area contributed by atoms with Gasteiger partial charge in [0.05, 0.1) is 12.5 Å². The summed E-state index contributed by atoms with van der Waals surface area (Å²) < 4.78 is 0. The monoisotopic (exact) mass is 147 g/mol. The van der Waals surface area contributed by atoms with Crippen molar-refractivity contribution in [3.05, 3.63) is 29.3 Å². The molecule has 0 heterocycles. The first kappa shape index (κ1) is 7.62. The lowest BCUT2D eigenvalue weighted by Crippen LogP contribution is -1.82. The summed E-state index contributed by atoms with van der Waals surface area (Å²) in [6, 6.07) is 7.30. The van der Waals surface area contributed by atoms with Crippen LogP contribution in [-0.2, 0) is 6.42 Å². The molecule has 0 aromatic heterocycles. The highest BCUT2D eigenvalue weighted by Crippen LogP contribution is 2.18. The summed E-state index contributed by atoms with van der Waals surface area (Å²) in [5.74, 6) is 0.214. The standard InChI is InChI=1S/C9H9NO/c1-7-2-3-8(4-5-10)9(11)6-7/h2-3,6,11H,4H2,1H3. The molecule has 0 radical (unpaired) electrons. The molecule has 1 aromatic carbocycles. The van der Waals surface area contributed by atoms with Crippen LogP contribution < -0.4 is 0 Å². The molecule has 2 heteroatoms. The Morgan fingerprint density at radius 3 is 2.82 bits per heavy atom. The molecule has 0 saturated carbocycles. The quantitative estimate of drug-likeness (QED) is 0.657. The van der Waals surface area contributed by atoms with Crippen LogP contribution in [0.25, 0.3) is 0 Å². The Morgan fingerprint density at radius 1 is 1.55 bits per heavy atom. The highest BCUT2D eigenvalue weighted by Gasteiger charge is 1.98. The van der Waals surface area contributed by atoms with Crippen molar-refractivity contribution in [3.8, 4) is 11.8 Å². The van der Waals surface area contributed by atoms with Gasteiger partial charge in [0.15, 0.2) is 0 Å². The fourth-order valence-electron chi connectivity index (χ4n) is 0.909. The average Bonchev–Trinajstić information content (AvgIpc) is 1.95. The molecular weight excluding hydrogens is 138 g/mol. The maximum Gasteiger partial charge on any atom is 0.120 e. The van der Waals surface area contributed by atoms with Crippen LogP contribution in [0, 0.1) is 18.3 Å². The molecule has 0 bridgehead atoms. The molecule has 0 fully saturated rings. The van der Waals surface area contributed by atoms with Gasteiger partial charge in [-0.1, -0.05) is 12.1 Å². The van der Waals surface area contributed by atoms with Gasteiger partial charge in [-0.05, 0) is 18.6 Å². The minimum absolute atomic E-state index is 0.214. The van der Waals surface area contributed by atoms with E-state index < -0.39 is 0 Å². The van der Waals surface area contributed by atoms with E-state index in [1.165, 1.54) is 0 Å². The smallest absolute Gasteiger partial charge is 0.120 e. The molecule has 1 aromatic rings. The van der Waals surface area contributed by atoms with Crippen molar-refractivity contribution in [1.82, 2.24) is 0 Å². The fourth-order valence-corrected chi connectivity index (χ4v) is 0.909. The number of nitrogens with zero attached hydrogens (tertiary/aromatic N) is 1. The Bertz CT molecular complexity index is 299. The second-order valence-electron chi connectivity index (χ2n) is 2.47. The minimum Gasteiger partial charge on any atom is -0.508 e. The Balaban J connectivity index is 3.01. The van der Waals surface area contributed by atoms with Crippen molar-refractivity contribution in [2.24, 2.45) is 0 Å². The maximum atomic E-state index is 9.27. The number of hydrogen-bond acceptors (Lipinski definition) is 2. The first-order valence-electron chi connectivity index (χ1n) is 3.39. The predicted molar refractivity (Wildman–Crippen MR) is 42.2 cm³/mol. The Labute approximate surface area is 65.7 Å². The molecule has 0 spiro atoms. The van der Waals surface area contributed by atoms with Gasteiger partial charge in [-0.2, -0.15) is 5.26 Å². The van der Waals surface area contributed by atoms with Crippen LogP contribution in [0.15, 0.2) is 18.2 Å². The van der Waals surface area contributed by atoms with Crippen molar-refractivity contribution in [2.45, 2.75) is 13.3 Å². The van der Waals surface area contributed by atoms with E-state index >= 15 is 0 Å². The molecule has 0 atom stereocenters. The summed E-state index contributed by atoms with van der Waals surface area (Å²) in [5, 5.41) is 17.6. The van der Waals surface area contributed by atoms with E-state index in [-0.39, 0.29) is 12.2 Å². The van der Waals surface area contributed by atoms with Gasteiger partial charge < -0.3 is 5.11 Å². The zero-order valence-corrected chi connectivity index (χ0v) is 6.33. The fraction of sp³-hybridized carbons (Fsp3) is 0.222. The zero-order chi connectivity index (χ0) is 8.27. The number of rotatable bonds is 1. The van der Waals surface area contributed by atoms with E-state index in [9.17, 15) is 5.11 Å². The minimum atomic E-state index is 0.214. The predicted octanol–water partition coefficient (Wildman–Crippen LogP) is 1.77. The molecule has 1 N–H and O–H groups in total. The van der Waals surface area contributed by atoms with Gasteiger partial charge in [0, 0.05) is 5.56 Å². The van der Waals surface area contributed by atoms with E-state index in [4.69, 9.17) is 5.26 Å². The summed E-state index contributed by atoms with van der Waals surface area (Å²) in [6.45, 7) is 1.90. The van der Waals surface area contributed by atoms with Crippen molar-refractivity contribution in [1.29, 1.82) is 5.26 Å². The average molecular weight is 147 g/mol. The molecule has 1 rings (SSSR count). The van der Waals surface area contributed by atoms with Crippen LogP contribution >= 0.6 is 0 Å². The van der Waals surface area contributed by atoms with E-state index in [1.807, 2.05) is 19.1 Å². The second kappa shape index (κ2) is 3.07. The molecule has 0 aliphatic carbocycles. The van der Waals surface area contributed by atoms with Crippen molar-refractivity contribution in [2.75, 3.05) is 0 Å². The van der Waals surface area contributed by atoms with Crippen LogP contribution in [0.4, 0.5) is 0 Å². The topological polar surface area (TPSA) is 44.0 Å². The first-order valence-corrected chi connectivity index (χ1v) is 3.39. The number of nitriles is 1. The SMILES string of the molecule is Cc1ccc(CC#N)c(O)c1. The van der Waals surface area contributed by atoms with Crippen LogP contribution in [-0.4, -0.2) is 5.11 Å². The van der Waals surface area contributed by atoms with E-state index in [0.717, 1.165) is 5.56 Å². The third-order valence-electron chi connectivity index (χ3n) is 1.51. The molecule has 0 amide bonds. The maximum absolute atomic E-state index is 9.27. The van der Waals surface area contributed by atoms with Crippen LogP contribution in [0.3, 0.4) is 0 Å².